The lowest BCUT2D eigenvalue weighted by molar-refractivity contribution is 0.266. The summed E-state index contributed by atoms with van der Waals surface area (Å²) in [5.41, 5.74) is 0.482. The van der Waals surface area contributed by atoms with E-state index >= 15 is 0 Å². The molecule has 1 aromatic rings. The second kappa shape index (κ2) is 7.02. The largest absolute Gasteiger partial charge is 0.394 e. The average Bonchev–Trinajstić information content (AvgIpc) is 2.91. The molecular formula is C12H19BrN4O2. The summed E-state index contributed by atoms with van der Waals surface area (Å²) in [5, 5.41) is 19.5. The van der Waals surface area contributed by atoms with E-state index in [2.05, 4.69) is 31.7 Å². The van der Waals surface area contributed by atoms with Crippen LogP contribution in [0, 0.1) is 0 Å². The average molecular weight is 331 g/mol. The molecule has 3 N–H and O–H groups in total. The number of nitrogens with one attached hydrogen (secondary N) is 2. The highest BCUT2D eigenvalue weighted by atomic mass is 79.9. The van der Waals surface area contributed by atoms with E-state index in [-0.39, 0.29) is 18.7 Å². The molecule has 0 aliphatic carbocycles. The van der Waals surface area contributed by atoms with Crippen molar-refractivity contribution in [2.75, 3.05) is 25.0 Å². The number of nitrogens with zero attached hydrogens (tertiary/aromatic N) is 2. The normalized spacial score (nSPS) is 18.7. The van der Waals surface area contributed by atoms with E-state index < -0.39 is 0 Å². The van der Waals surface area contributed by atoms with Crippen LogP contribution in [0.1, 0.15) is 19.3 Å². The van der Waals surface area contributed by atoms with Crippen molar-refractivity contribution in [3.63, 3.8) is 0 Å². The zero-order valence-electron chi connectivity index (χ0n) is 10.7. The monoisotopic (exact) mass is 330 g/mol. The zero-order valence-corrected chi connectivity index (χ0v) is 12.3. The predicted octanol–water partition coefficient (Wildman–Crippen LogP) is 0.552. The van der Waals surface area contributed by atoms with Crippen molar-refractivity contribution < 1.29 is 5.11 Å². The summed E-state index contributed by atoms with van der Waals surface area (Å²) in [5.74, 6) is 0. The molecular weight excluding hydrogens is 312 g/mol. The molecule has 6 nitrogen and oxygen atoms in total. The Balaban J connectivity index is 1.92. The number of rotatable bonds is 6. The van der Waals surface area contributed by atoms with Crippen LogP contribution in [0.5, 0.6) is 0 Å². The maximum Gasteiger partial charge on any atom is 0.283 e. The lowest BCUT2D eigenvalue weighted by Gasteiger charge is -2.13. The summed E-state index contributed by atoms with van der Waals surface area (Å²) < 4.78 is 1.71. The van der Waals surface area contributed by atoms with Crippen molar-refractivity contribution in [2.45, 2.75) is 31.8 Å². The molecule has 1 aliphatic heterocycles. The maximum atomic E-state index is 11.9. The van der Waals surface area contributed by atoms with Crippen LogP contribution in [0.25, 0.3) is 0 Å². The Morgan fingerprint density at radius 3 is 3.16 bits per heavy atom. The van der Waals surface area contributed by atoms with Crippen molar-refractivity contribution in [2.24, 2.45) is 0 Å². The van der Waals surface area contributed by atoms with Gasteiger partial charge in [-0.1, -0.05) is 0 Å². The Kier molecular flexibility index (Phi) is 5.35. The molecule has 1 aliphatic rings. The molecule has 0 radical (unpaired) electrons. The quantitative estimate of drug-likeness (QED) is 0.710. The molecule has 0 amide bonds. The Labute approximate surface area is 120 Å². The van der Waals surface area contributed by atoms with E-state index in [0.29, 0.717) is 16.2 Å². The Hall–Kier alpha value is -0.920. The first-order chi connectivity index (χ1) is 9.22. The molecule has 0 spiro atoms. The lowest BCUT2D eigenvalue weighted by atomic mass is 10.1. The number of hydrogen-bond acceptors (Lipinski definition) is 5. The fraction of sp³-hybridized carbons (Fsp3) is 0.667. The lowest BCUT2D eigenvalue weighted by Crippen LogP contribution is -2.27. The van der Waals surface area contributed by atoms with Crippen LogP contribution in [-0.2, 0) is 6.54 Å². The highest BCUT2D eigenvalue weighted by Crippen LogP contribution is 2.16. The van der Waals surface area contributed by atoms with E-state index in [9.17, 15) is 4.79 Å². The topological polar surface area (TPSA) is 79.2 Å². The van der Waals surface area contributed by atoms with Gasteiger partial charge in [0.05, 0.1) is 25.0 Å². The van der Waals surface area contributed by atoms with Gasteiger partial charge in [0.25, 0.3) is 5.56 Å². The van der Waals surface area contributed by atoms with E-state index in [0.717, 1.165) is 19.5 Å². The Bertz CT molecular complexity index is 471. The maximum absolute atomic E-state index is 11.9. The van der Waals surface area contributed by atoms with Crippen LogP contribution in [-0.4, -0.2) is 40.6 Å². The summed E-state index contributed by atoms with van der Waals surface area (Å²) in [4.78, 5) is 11.9. The Morgan fingerprint density at radius 1 is 1.63 bits per heavy atom. The molecule has 1 aromatic heterocycles. The number of halogens is 1. The van der Waals surface area contributed by atoms with Crippen LogP contribution in [0.4, 0.5) is 5.69 Å². The molecule has 7 heteroatoms. The van der Waals surface area contributed by atoms with Gasteiger partial charge in [-0.3, -0.25) is 4.79 Å². The minimum atomic E-state index is -0.224. The number of hydrogen-bond donors (Lipinski definition) is 3. The SMILES string of the molecule is O=c1c(Br)c(NCCC2CCCN2)cnn1CCO. The predicted molar refractivity (Wildman–Crippen MR) is 77.4 cm³/mol. The van der Waals surface area contributed by atoms with Crippen LogP contribution >= 0.6 is 15.9 Å². The van der Waals surface area contributed by atoms with Crippen LogP contribution in [0.3, 0.4) is 0 Å². The molecule has 0 saturated carbocycles. The Morgan fingerprint density at radius 2 is 2.47 bits per heavy atom. The van der Waals surface area contributed by atoms with Crippen LogP contribution < -0.4 is 16.2 Å². The van der Waals surface area contributed by atoms with Crippen molar-refractivity contribution in [1.29, 1.82) is 0 Å². The second-order valence-electron chi connectivity index (χ2n) is 4.63. The second-order valence-corrected chi connectivity index (χ2v) is 5.43. The van der Waals surface area contributed by atoms with Crippen molar-refractivity contribution in [3.05, 3.63) is 21.0 Å². The van der Waals surface area contributed by atoms with E-state index in [1.807, 2.05) is 0 Å². The number of aliphatic hydroxyl groups excluding tert-OH is 1. The third-order valence-electron chi connectivity index (χ3n) is 3.27. The van der Waals surface area contributed by atoms with Crippen molar-refractivity contribution in [1.82, 2.24) is 15.1 Å². The summed E-state index contributed by atoms with van der Waals surface area (Å²) in [6.45, 7) is 2.03. The molecule has 2 heterocycles. The molecule has 2 rings (SSSR count). The third kappa shape index (κ3) is 3.77. The van der Waals surface area contributed by atoms with Gasteiger partial charge in [-0.2, -0.15) is 5.10 Å². The van der Waals surface area contributed by atoms with Crippen LogP contribution in [0.15, 0.2) is 15.5 Å². The van der Waals surface area contributed by atoms with Gasteiger partial charge in [0.1, 0.15) is 4.47 Å². The van der Waals surface area contributed by atoms with Gasteiger partial charge < -0.3 is 15.7 Å². The fourth-order valence-electron chi connectivity index (χ4n) is 2.23. The third-order valence-corrected chi connectivity index (χ3v) is 4.03. The zero-order chi connectivity index (χ0) is 13.7. The van der Waals surface area contributed by atoms with Gasteiger partial charge in [0, 0.05) is 12.6 Å². The molecule has 1 atom stereocenters. The van der Waals surface area contributed by atoms with E-state index in [1.54, 1.807) is 6.20 Å². The fourth-order valence-corrected chi connectivity index (χ4v) is 2.67. The summed E-state index contributed by atoms with van der Waals surface area (Å²) in [7, 11) is 0. The molecule has 106 valence electrons. The molecule has 1 unspecified atom stereocenters. The highest BCUT2D eigenvalue weighted by molar-refractivity contribution is 9.10. The van der Waals surface area contributed by atoms with Crippen LogP contribution in [0.2, 0.25) is 0 Å². The van der Waals surface area contributed by atoms with Gasteiger partial charge in [-0.25, -0.2) is 4.68 Å². The van der Waals surface area contributed by atoms with E-state index in [1.165, 1.54) is 17.5 Å². The van der Waals surface area contributed by atoms with Gasteiger partial charge in [0.15, 0.2) is 0 Å². The molecule has 1 fully saturated rings. The van der Waals surface area contributed by atoms with E-state index in [4.69, 9.17) is 5.11 Å². The smallest absolute Gasteiger partial charge is 0.283 e. The standard InChI is InChI=1S/C12H19BrN4O2/c13-11-10(8-16-17(6-7-18)12(11)19)15-5-3-9-2-1-4-14-9/h8-9,14-15,18H,1-7H2. The molecule has 19 heavy (non-hydrogen) atoms. The number of anilines is 1. The van der Waals surface area contributed by atoms with Gasteiger partial charge >= 0.3 is 0 Å². The minimum Gasteiger partial charge on any atom is -0.394 e. The number of aromatic nitrogens is 2. The van der Waals surface area contributed by atoms with Crippen molar-refractivity contribution in [3.8, 4) is 0 Å². The highest BCUT2D eigenvalue weighted by Gasteiger charge is 2.14. The first kappa shape index (κ1) is 14.5. The van der Waals surface area contributed by atoms with Gasteiger partial charge in [-0.15, -0.1) is 0 Å². The first-order valence-corrected chi connectivity index (χ1v) is 7.35. The molecule has 0 aromatic carbocycles. The minimum absolute atomic E-state index is 0.0977. The summed E-state index contributed by atoms with van der Waals surface area (Å²) in [6.07, 6.45) is 5.11. The summed E-state index contributed by atoms with van der Waals surface area (Å²) in [6, 6.07) is 0.578. The first-order valence-electron chi connectivity index (χ1n) is 6.56. The van der Waals surface area contributed by atoms with Gasteiger partial charge in [0.2, 0.25) is 0 Å². The summed E-state index contributed by atoms with van der Waals surface area (Å²) >= 11 is 3.28. The molecule has 0 bridgehead atoms. The van der Waals surface area contributed by atoms with Crippen molar-refractivity contribution >= 4 is 21.6 Å². The number of aliphatic hydroxyl groups is 1. The molecule has 1 saturated heterocycles. The van der Waals surface area contributed by atoms with Gasteiger partial charge in [-0.05, 0) is 41.7 Å².